The Morgan fingerprint density at radius 1 is 1.12 bits per heavy atom. The summed E-state index contributed by atoms with van der Waals surface area (Å²) < 4.78 is 11.1. The van der Waals surface area contributed by atoms with E-state index in [-0.39, 0.29) is 12.0 Å². The van der Waals surface area contributed by atoms with E-state index in [4.69, 9.17) is 9.47 Å². The molecule has 6 heteroatoms. The molecular formula is C19H27N3O3. The Balaban J connectivity index is 1.33. The molecule has 1 aliphatic carbocycles. The first-order valence-electron chi connectivity index (χ1n) is 9.53. The normalized spacial score (nSPS) is 25.4. The van der Waals surface area contributed by atoms with Gasteiger partial charge in [-0.25, -0.2) is 4.98 Å². The summed E-state index contributed by atoms with van der Waals surface area (Å²) in [6.07, 6.45) is 7.68. The van der Waals surface area contributed by atoms with E-state index in [2.05, 4.69) is 9.88 Å². The molecule has 3 fully saturated rings. The lowest BCUT2D eigenvalue weighted by atomic mass is 9.91. The number of pyridine rings is 1. The summed E-state index contributed by atoms with van der Waals surface area (Å²) in [7, 11) is 0. The molecule has 3 aliphatic rings. The van der Waals surface area contributed by atoms with E-state index in [9.17, 15) is 4.79 Å². The maximum Gasteiger partial charge on any atom is 0.255 e. The Labute approximate surface area is 149 Å². The van der Waals surface area contributed by atoms with Crippen LogP contribution in [0.4, 0.5) is 0 Å². The highest BCUT2D eigenvalue weighted by Gasteiger charge is 2.28. The van der Waals surface area contributed by atoms with Crippen molar-refractivity contribution in [3.05, 3.63) is 23.9 Å². The Morgan fingerprint density at radius 3 is 2.72 bits per heavy atom. The topological polar surface area (TPSA) is 54.9 Å². The van der Waals surface area contributed by atoms with E-state index >= 15 is 0 Å². The van der Waals surface area contributed by atoms with Crippen molar-refractivity contribution >= 4 is 5.91 Å². The van der Waals surface area contributed by atoms with Gasteiger partial charge in [0.2, 0.25) is 5.88 Å². The largest absolute Gasteiger partial charge is 0.472 e. The van der Waals surface area contributed by atoms with Crippen LogP contribution in [-0.4, -0.2) is 72.2 Å². The number of hydrogen-bond donors (Lipinski definition) is 0. The van der Waals surface area contributed by atoms with Crippen molar-refractivity contribution in [3.63, 3.8) is 0 Å². The van der Waals surface area contributed by atoms with Gasteiger partial charge in [-0.15, -0.1) is 0 Å². The van der Waals surface area contributed by atoms with Gasteiger partial charge in [0.1, 0.15) is 6.10 Å². The summed E-state index contributed by atoms with van der Waals surface area (Å²) in [6, 6.07) is 4.38. The van der Waals surface area contributed by atoms with Crippen molar-refractivity contribution in [2.75, 3.05) is 39.4 Å². The molecule has 1 amide bonds. The lowest BCUT2D eigenvalue weighted by Crippen LogP contribution is -2.42. The average molecular weight is 345 g/mol. The standard InChI is InChI=1S/C19H27N3O3/c23-19(22-9-2-8-21(10-11-22)16-3-1-4-16)15-5-6-18(20-13-15)25-17-7-12-24-14-17/h5-6,13,16-17H,1-4,7-12,14H2. The van der Waals surface area contributed by atoms with E-state index in [1.807, 2.05) is 11.0 Å². The third kappa shape index (κ3) is 3.96. The SMILES string of the molecule is O=C(c1ccc(OC2CCOC2)nc1)N1CCCN(C2CCC2)CC1. The Bertz CT molecular complexity index is 582. The van der Waals surface area contributed by atoms with Crippen LogP contribution in [0.1, 0.15) is 42.5 Å². The molecule has 1 saturated carbocycles. The maximum absolute atomic E-state index is 12.8. The highest BCUT2D eigenvalue weighted by Crippen LogP contribution is 2.25. The van der Waals surface area contributed by atoms with Gasteiger partial charge in [-0.3, -0.25) is 9.69 Å². The van der Waals surface area contributed by atoms with Gasteiger partial charge in [0.15, 0.2) is 0 Å². The summed E-state index contributed by atoms with van der Waals surface area (Å²) in [4.78, 5) is 21.6. The number of amides is 1. The van der Waals surface area contributed by atoms with Crippen LogP contribution in [0.25, 0.3) is 0 Å². The van der Waals surface area contributed by atoms with Crippen LogP contribution >= 0.6 is 0 Å². The molecule has 1 atom stereocenters. The van der Waals surface area contributed by atoms with Gasteiger partial charge in [-0.05, 0) is 25.3 Å². The zero-order valence-electron chi connectivity index (χ0n) is 14.7. The first-order chi connectivity index (χ1) is 12.3. The predicted octanol–water partition coefficient (Wildman–Crippen LogP) is 1.95. The third-order valence-corrected chi connectivity index (χ3v) is 5.57. The highest BCUT2D eigenvalue weighted by molar-refractivity contribution is 5.94. The molecule has 136 valence electrons. The molecule has 0 radical (unpaired) electrons. The monoisotopic (exact) mass is 345 g/mol. The highest BCUT2D eigenvalue weighted by atomic mass is 16.5. The van der Waals surface area contributed by atoms with E-state index in [0.717, 1.165) is 51.7 Å². The molecule has 25 heavy (non-hydrogen) atoms. The molecule has 0 N–H and O–H groups in total. The van der Waals surface area contributed by atoms with Gasteiger partial charge in [0.05, 0.1) is 18.8 Å². The molecule has 1 unspecified atom stereocenters. The molecule has 2 saturated heterocycles. The van der Waals surface area contributed by atoms with Crippen molar-refractivity contribution in [1.82, 2.24) is 14.8 Å². The number of carbonyl (C=O) groups excluding carboxylic acids is 1. The molecule has 6 nitrogen and oxygen atoms in total. The summed E-state index contributed by atoms with van der Waals surface area (Å²) in [5, 5.41) is 0. The fraction of sp³-hybridized carbons (Fsp3) is 0.684. The van der Waals surface area contributed by atoms with Crippen LogP contribution < -0.4 is 4.74 Å². The Hall–Kier alpha value is -1.66. The number of carbonyl (C=O) groups is 1. The molecule has 0 spiro atoms. The molecule has 0 bridgehead atoms. The molecule has 1 aromatic rings. The quantitative estimate of drug-likeness (QED) is 0.835. The molecule has 4 rings (SSSR count). The fourth-order valence-electron chi connectivity index (χ4n) is 3.79. The molecule has 2 aliphatic heterocycles. The van der Waals surface area contributed by atoms with E-state index < -0.39 is 0 Å². The number of nitrogens with zero attached hydrogens (tertiary/aromatic N) is 3. The van der Waals surface area contributed by atoms with Crippen LogP contribution in [0.2, 0.25) is 0 Å². The van der Waals surface area contributed by atoms with Crippen molar-refractivity contribution in [2.24, 2.45) is 0 Å². The van der Waals surface area contributed by atoms with Crippen molar-refractivity contribution in [2.45, 2.75) is 44.2 Å². The third-order valence-electron chi connectivity index (χ3n) is 5.57. The Kier molecular flexibility index (Phi) is 5.17. The van der Waals surface area contributed by atoms with Crippen LogP contribution in [0.15, 0.2) is 18.3 Å². The van der Waals surface area contributed by atoms with Crippen molar-refractivity contribution in [1.29, 1.82) is 0 Å². The maximum atomic E-state index is 12.8. The second-order valence-corrected chi connectivity index (χ2v) is 7.26. The molecule has 3 heterocycles. The number of ether oxygens (including phenoxy) is 2. The molecular weight excluding hydrogens is 318 g/mol. The van der Waals surface area contributed by atoms with Gasteiger partial charge in [0.25, 0.3) is 5.91 Å². The smallest absolute Gasteiger partial charge is 0.255 e. The minimum absolute atomic E-state index is 0.0807. The van der Waals surface area contributed by atoms with E-state index in [1.165, 1.54) is 19.3 Å². The predicted molar refractivity (Wildman–Crippen MR) is 93.8 cm³/mol. The lowest BCUT2D eigenvalue weighted by Gasteiger charge is -2.36. The van der Waals surface area contributed by atoms with Gasteiger partial charge >= 0.3 is 0 Å². The van der Waals surface area contributed by atoms with Crippen LogP contribution in [0.3, 0.4) is 0 Å². The number of hydrogen-bond acceptors (Lipinski definition) is 5. The zero-order chi connectivity index (χ0) is 17.1. The second kappa shape index (κ2) is 7.70. The number of rotatable bonds is 4. The fourth-order valence-corrected chi connectivity index (χ4v) is 3.79. The first kappa shape index (κ1) is 16.8. The van der Waals surface area contributed by atoms with Gasteiger partial charge in [-0.1, -0.05) is 6.42 Å². The minimum atomic E-state index is 0.0807. The summed E-state index contributed by atoms with van der Waals surface area (Å²) in [5.41, 5.74) is 0.645. The van der Waals surface area contributed by atoms with Gasteiger partial charge in [-0.2, -0.15) is 0 Å². The van der Waals surface area contributed by atoms with Crippen molar-refractivity contribution < 1.29 is 14.3 Å². The summed E-state index contributed by atoms with van der Waals surface area (Å²) in [5.74, 6) is 0.651. The summed E-state index contributed by atoms with van der Waals surface area (Å²) >= 11 is 0. The minimum Gasteiger partial charge on any atom is -0.472 e. The number of aromatic nitrogens is 1. The van der Waals surface area contributed by atoms with Crippen LogP contribution in [0.5, 0.6) is 5.88 Å². The molecule has 1 aromatic heterocycles. The lowest BCUT2D eigenvalue weighted by molar-refractivity contribution is 0.0749. The average Bonchev–Trinajstić information content (AvgIpc) is 2.97. The van der Waals surface area contributed by atoms with Crippen LogP contribution in [0, 0.1) is 0 Å². The first-order valence-corrected chi connectivity index (χ1v) is 9.53. The Morgan fingerprint density at radius 2 is 2.04 bits per heavy atom. The summed E-state index contributed by atoms with van der Waals surface area (Å²) in [6.45, 7) is 5.12. The zero-order valence-corrected chi connectivity index (χ0v) is 14.7. The van der Waals surface area contributed by atoms with Gasteiger partial charge < -0.3 is 14.4 Å². The van der Waals surface area contributed by atoms with Gasteiger partial charge in [0, 0.05) is 50.9 Å². The van der Waals surface area contributed by atoms with E-state index in [1.54, 1.807) is 12.3 Å². The van der Waals surface area contributed by atoms with E-state index in [0.29, 0.717) is 18.1 Å². The second-order valence-electron chi connectivity index (χ2n) is 7.26. The van der Waals surface area contributed by atoms with Crippen LogP contribution in [-0.2, 0) is 4.74 Å². The van der Waals surface area contributed by atoms with Crippen molar-refractivity contribution in [3.8, 4) is 5.88 Å². The molecule has 0 aromatic carbocycles.